The molecule has 2 amide bonds. The molecule has 0 radical (unpaired) electrons. The Kier molecular flexibility index (Phi) is 4.23. The highest BCUT2D eigenvalue weighted by Gasteiger charge is 2.27. The highest BCUT2D eigenvalue weighted by atomic mass is 16.2. The van der Waals surface area contributed by atoms with Crippen LogP contribution in [0.4, 0.5) is 5.69 Å². The van der Waals surface area contributed by atoms with E-state index in [0.717, 1.165) is 5.69 Å². The van der Waals surface area contributed by atoms with Crippen LogP contribution in [0, 0.1) is 0 Å². The van der Waals surface area contributed by atoms with E-state index in [-0.39, 0.29) is 17.9 Å². The number of amides is 2. The maximum atomic E-state index is 12.0. The van der Waals surface area contributed by atoms with Crippen LogP contribution in [0.1, 0.15) is 56.4 Å². The summed E-state index contributed by atoms with van der Waals surface area (Å²) in [5.74, 6) is 0.520. The van der Waals surface area contributed by atoms with Crippen LogP contribution in [0.3, 0.4) is 0 Å². The molecule has 1 atom stereocenters. The summed E-state index contributed by atoms with van der Waals surface area (Å²) in [6.07, 6.45) is 7.59. The minimum atomic E-state index is -0.379. The Morgan fingerprint density at radius 1 is 1.05 bits per heavy atom. The van der Waals surface area contributed by atoms with Crippen molar-refractivity contribution >= 4 is 17.5 Å². The summed E-state index contributed by atoms with van der Waals surface area (Å²) in [6.45, 7) is 0. The van der Waals surface area contributed by atoms with Gasteiger partial charge in [0.05, 0.1) is 0 Å². The molecule has 2 aliphatic rings. The van der Waals surface area contributed by atoms with Crippen molar-refractivity contribution in [3.05, 3.63) is 29.8 Å². The molecule has 1 unspecified atom stereocenters. The minimum absolute atomic E-state index is 0.0391. The van der Waals surface area contributed by atoms with Crippen molar-refractivity contribution in [3.8, 4) is 0 Å². The number of carbonyl (C=O) groups is 2. The fourth-order valence-electron chi connectivity index (χ4n) is 3.31. The summed E-state index contributed by atoms with van der Waals surface area (Å²) in [6, 6.07) is 7.81. The lowest BCUT2D eigenvalue weighted by molar-refractivity contribution is -0.122. The summed E-state index contributed by atoms with van der Waals surface area (Å²) in [4.78, 5) is 23.2. The molecule has 2 N–H and O–H groups in total. The Balaban J connectivity index is 1.59. The van der Waals surface area contributed by atoms with Gasteiger partial charge >= 0.3 is 0 Å². The van der Waals surface area contributed by atoms with E-state index < -0.39 is 0 Å². The summed E-state index contributed by atoms with van der Waals surface area (Å²) >= 11 is 0. The number of hydrogen-bond acceptors (Lipinski definition) is 2. The van der Waals surface area contributed by atoms with E-state index >= 15 is 0 Å². The summed E-state index contributed by atoms with van der Waals surface area (Å²) in [5.41, 5.74) is 2.18. The van der Waals surface area contributed by atoms with E-state index in [0.29, 0.717) is 18.8 Å². The zero-order chi connectivity index (χ0) is 14.7. The van der Waals surface area contributed by atoms with Gasteiger partial charge in [0.1, 0.15) is 6.04 Å². The Morgan fingerprint density at radius 2 is 1.76 bits per heavy atom. The second kappa shape index (κ2) is 6.29. The standard InChI is InChI=1S/C17H22N2O2/c20-16-11-10-15(19-16)17(21)18-14-8-6-13(7-9-14)12-4-2-1-3-5-12/h6-9,12,15H,1-5,10-11H2,(H,18,21)(H,19,20). The van der Waals surface area contributed by atoms with Crippen LogP contribution in [0.5, 0.6) is 0 Å². The molecule has 0 aromatic heterocycles. The Hall–Kier alpha value is -1.84. The van der Waals surface area contributed by atoms with Gasteiger partial charge in [0.25, 0.3) is 0 Å². The molecule has 4 nitrogen and oxygen atoms in total. The van der Waals surface area contributed by atoms with Gasteiger partial charge in [0.15, 0.2) is 0 Å². The second-order valence-electron chi connectivity index (χ2n) is 6.10. The molecule has 1 aliphatic carbocycles. The van der Waals surface area contributed by atoms with Crippen molar-refractivity contribution in [2.24, 2.45) is 0 Å². The number of rotatable bonds is 3. The molecular formula is C17H22N2O2. The third kappa shape index (κ3) is 3.43. The fourth-order valence-corrected chi connectivity index (χ4v) is 3.31. The first-order valence-corrected chi connectivity index (χ1v) is 7.92. The van der Waals surface area contributed by atoms with E-state index in [4.69, 9.17) is 0 Å². The van der Waals surface area contributed by atoms with E-state index in [1.165, 1.54) is 37.7 Å². The molecule has 1 aromatic rings. The molecule has 3 rings (SSSR count). The number of benzene rings is 1. The minimum Gasteiger partial charge on any atom is -0.344 e. The van der Waals surface area contributed by atoms with Crippen LogP contribution in [-0.4, -0.2) is 17.9 Å². The monoisotopic (exact) mass is 286 g/mol. The summed E-state index contributed by atoms with van der Waals surface area (Å²) in [5, 5.41) is 5.57. The molecule has 112 valence electrons. The first kappa shape index (κ1) is 14.1. The van der Waals surface area contributed by atoms with Gasteiger partial charge in [-0.15, -0.1) is 0 Å². The zero-order valence-corrected chi connectivity index (χ0v) is 12.2. The molecule has 2 fully saturated rings. The van der Waals surface area contributed by atoms with Gasteiger partial charge in [-0.1, -0.05) is 31.4 Å². The number of hydrogen-bond donors (Lipinski definition) is 2. The first-order chi connectivity index (χ1) is 10.2. The van der Waals surface area contributed by atoms with Crippen molar-refractivity contribution in [2.45, 2.75) is 56.9 Å². The van der Waals surface area contributed by atoms with Crippen LogP contribution in [0.2, 0.25) is 0 Å². The average molecular weight is 286 g/mol. The quantitative estimate of drug-likeness (QED) is 0.897. The van der Waals surface area contributed by atoms with Crippen LogP contribution in [-0.2, 0) is 9.59 Å². The molecule has 1 heterocycles. The lowest BCUT2D eigenvalue weighted by Gasteiger charge is -2.22. The SMILES string of the molecule is O=C1CCC(C(=O)Nc2ccc(C3CCCCC3)cc2)N1. The molecule has 0 spiro atoms. The van der Waals surface area contributed by atoms with Gasteiger partial charge in [0, 0.05) is 12.1 Å². The lowest BCUT2D eigenvalue weighted by Crippen LogP contribution is -2.37. The van der Waals surface area contributed by atoms with Crippen LogP contribution in [0.15, 0.2) is 24.3 Å². The van der Waals surface area contributed by atoms with Crippen molar-refractivity contribution in [3.63, 3.8) is 0 Å². The topological polar surface area (TPSA) is 58.2 Å². The van der Waals surface area contributed by atoms with Crippen LogP contribution in [0.25, 0.3) is 0 Å². The van der Waals surface area contributed by atoms with Gasteiger partial charge in [-0.05, 0) is 42.9 Å². The number of carbonyl (C=O) groups excluding carboxylic acids is 2. The summed E-state index contributed by atoms with van der Waals surface area (Å²) in [7, 11) is 0. The highest BCUT2D eigenvalue weighted by Crippen LogP contribution is 2.32. The largest absolute Gasteiger partial charge is 0.344 e. The van der Waals surface area contributed by atoms with E-state index in [1.807, 2.05) is 12.1 Å². The Labute approximate surface area is 125 Å². The molecule has 0 bridgehead atoms. The van der Waals surface area contributed by atoms with Gasteiger partial charge in [0.2, 0.25) is 11.8 Å². The normalized spacial score (nSPS) is 22.9. The lowest BCUT2D eigenvalue weighted by atomic mass is 9.84. The fraction of sp³-hybridized carbons (Fsp3) is 0.529. The van der Waals surface area contributed by atoms with E-state index in [9.17, 15) is 9.59 Å². The van der Waals surface area contributed by atoms with Crippen molar-refractivity contribution < 1.29 is 9.59 Å². The molecule has 1 saturated carbocycles. The van der Waals surface area contributed by atoms with E-state index in [1.54, 1.807) is 0 Å². The smallest absolute Gasteiger partial charge is 0.246 e. The summed E-state index contributed by atoms with van der Waals surface area (Å²) < 4.78 is 0. The van der Waals surface area contributed by atoms with Gasteiger partial charge in [-0.25, -0.2) is 0 Å². The van der Waals surface area contributed by atoms with Crippen molar-refractivity contribution in [1.29, 1.82) is 0 Å². The molecule has 21 heavy (non-hydrogen) atoms. The van der Waals surface area contributed by atoms with Crippen LogP contribution >= 0.6 is 0 Å². The third-order valence-corrected chi connectivity index (χ3v) is 4.57. The molecule has 4 heteroatoms. The van der Waals surface area contributed by atoms with Gasteiger partial charge in [-0.3, -0.25) is 9.59 Å². The highest BCUT2D eigenvalue weighted by molar-refractivity contribution is 5.98. The molecule has 1 aromatic carbocycles. The molecule has 1 aliphatic heterocycles. The zero-order valence-electron chi connectivity index (χ0n) is 12.2. The van der Waals surface area contributed by atoms with Gasteiger partial charge in [-0.2, -0.15) is 0 Å². The molecule has 1 saturated heterocycles. The Bertz CT molecular complexity index is 518. The average Bonchev–Trinajstić information content (AvgIpc) is 2.96. The third-order valence-electron chi connectivity index (χ3n) is 4.57. The maximum absolute atomic E-state index is 12.0. The first-order valence-electron chi connectivity index (χ1n) is 7.92. The van der Waals surface area contributed by atoms with Crippen molar-refractivity contribution in [2.75, 3.05) is 5.32 Å². The Morgan fingerprint density at radius 3 is 2.38 bits per heavy atom. The second-order valence-corrected chi connectivity index (χ2v) is 6.10. The predicted molar refractivity (Wildman–Crippen MR) is 82.1 cm³/mol. The van der Waals surface area contributed by atoms with Crippen LogP contribution < -0.4 is 10.6 Å². The number of nitrogens with one attached hydrogen (secondary N) is 2. The van der Waals surface area contributed by atoms with E-state index in [2.05, 4.69) is 22.8 Å². The van der Waals surface area contributed by atoms with Gasteiger partial charge < -0.3 is 10.6 Å². The molecular weight excluding hydrogens is 264 g/mol. The predicted octanol–water partition coefficient (Wildman–Crippen LogP) is 2.95. The number of anilines is 1. The maximum Gasteiger partial charge on any atom is 0.246 e. The van der Waals surface area contributed by atoms with Crippen molar-refractivity contribution in [1.82, 2.24) is 5.32 Å².